The van der Waals surface area contributed by atoms with Crippen LogP contribution in [0.15, 0.2) is 38.7 Å². The minimum atomic E-state index is -0.423. The highest BCUT2D eigenvalue weighted by Crippen LogP contribution is 2.31. The fourth-order valence-corrected chi connectivity index (χ4v) is 4.36. The molecule has 0 bridgehead atoms. The van der Waals surface area contributed by atoms with E-state index in [1.165, 1.54) is 55.5 Å². The lowest BCUT2D eigenvalue weighted by molar-refractivity contribution is 0.180. The number of aromatic nitrogens is 3. The van der Waals surface area contributed by atoms with Crippen molar-refractivity contribution in [3.63, 3.8) is 0 Å². The summed E-state index contributed by atoms with van der Waals surface area (Å²) in [6.07, 6.45) is 1.76. The summed E-state index contributed by atoms with van der Waals surface area (Å²) < 4.78 is 19.4. The van der Waals surface area contributed by atoms with Crippen molar-refractivity contribution in [3.05, 3.63) is 62.4 Å². The van der Waals surface area contributed by atoms with Crippen LogP contribution in [0.2, 0.25) is 5.02 Å². The molecule has 0 fully saturated rings. The van der Waals surface area contributed by atoms with Crippen LogP contribution in [0.1, 0.15) is 16.8 Å². The van der Waals surface area contributed by atoms with Gasteiger partial charge in [0.2, 0.25) is 0 Å². The number of rotatable bonds is 8. The van der Waals surface area contributed by atoms with Gasteiger partial charge >= 0.3 is 0 Å². The van der Waals surface area contributed by atoms with Crippen LogP contribution in [0, 0.1) is 5.82 Å². The third-order valence-corrected chi connectivity index (χ3v) is 5.83. The molecule has 7 nitrogen and oxygen atoms in total. The van der Waals surface area contributed by atoms with Gasteiger partial charge in [-0.2, -0.15) is 0 Å². The third kappa shape index (κ3) is 5.09. The van der Waals surface area contributed by atoms with Crippen LogP contribution in [0.4, 0.5) is 9.39 Å². The molecule has 1 aromatic carbocycles. The summed E-state index contributed by atoms with van der Waals surface area (Å²) in [5.41, 5.74) is 3.69. The van der Waals surface area contributed by atoms with Crippen LogP contribution in [0.5, 0.6) is 0 Å². The van der Waals surface area contributed by atoms with Crippen LogP contribution in [0.3, 0.4) is 0 Å². The van der Waals surface area contributed by atoms with E-state index in [9.17, 15) is 9.18 Å². The molecule has 28 heavy (non-hydrogen) atoms. The smallest absolute Gasteiger partial charge is 0.255 e. The molecule has 0 aliphatic rings. The molecule has 0 saturated heterocycles. The number of anilines is 1. The van der Waals surface area contributed by atoms with Gasteiger partial charge < -0.3 is 9.72 Å². The van der Waals surface area contributed by atoms with Crippen molar-refractivity contribution in [2.24, 2.45) is 0 Å². The fraction of sp³-hybridized carbons (Fsp3) is 0.235. The first-order valence-corrected chi connectivity index (χ1v) is 9.99. The number of nitrogens with zero attached hydrogens (tertiary/aromatic N) is 2. The highest BCUT2D eigenvalue weighted by atomic mass is 35.5. The number of nitrogens with one attached hydrogen (secondary N) is 2. The van der Waals surface area contributed by atoms with Crippen molar-refractivity contribution in [2.45, 2.75) is 22.5 Å². The van der Waals surface area contributed by atoms with E-state index in [1.807, 2.05) is 0 Å². The number of H-pyrrole nitrogens is 1. The maximum absolute atomic E-state index is 13.6. The fourth-order valence-electron chi connectivity index (χ4n) is 2.41. The standard InChI is InChI=1S/C17H16ClFN4O3S2/c1-25-8-13-11(6-9-5-10(19)3-4-12(9)18)15(24)22-16(21-13)28-17-20-7-14(27-17)23-26-2/h3-5,7,23H,6,8H2,1-2H3,(H,21,22,24). The molecule has 0 amide bonds. The molecular formula is C17H16ClFN4O3S2. The quantitative estimate of drug-likeness (QED) is 0.404. The molecule has 0 aliphatic heterocycles. The Morgan fingerprint density at radius 2 is 2.21 bits per heavy atom. The Morgan fingerprint density at radius 3 is 2.96 bits per heavy atom. The Kier molecular flexibility index (Phi) is 7.03. The summed E-state index contributed by atoms with van der Waals surface area (Å²) >= 11 is 8.70. The van der Waals surface area contributed by atoms with Gasteiger partial charge in [0.1, 0.15) is 10.8 Å². The van der Waals surface area contributed by atoms with Gasteiger partial charge in [-0.25, -0.2) is 14.4 Å². The van der Waals surface area contributed by atoms with Crippen LogP contribution in [-0.4, -0.2) is 29.2 Å². The Balaban J connectivity index is 1.91. The lowest BCUT2D eigenvalue weighted by Crippen LogP contribution is -2.19. The molecule has 0 atom stereocenters. The zero-order chi connectivity index (χ0) is 20.1. The lowest BCUT2D eigenvalue weighted by Gasteiger charge is -2.10. The van der Waals surface area contributed by atoms with E-state index in [4.69, 9.17) is 21.2 Å². The number of aromatic amines is 1. The Morgan fingerprint density at radius 1 is 1.39 bits per heavy atom. The molecular weight excluding hydrogens is 427 g/mol. The van der Waals surface area contributed by atoms with Gasteiger partial charge in [0.25, 0.3) is 5.56 Å². The average Bonchev–Trinajstić information content (AvgIpc) is 3.08. The van der Waals surface area contributed by atoms with E-state index < -0.39 is 5.82 Å². The van der Waals surface area contributed by atoms with E-state index in [0.717, 1.165) is 5.00 Å². The minimum Gasteiger partial charge on any atom is -0.378 e. The largest absolute Gasteiger partial charge is 0.378 e. The molecule has 11 heteroatoms. The van der Waals surface area contributed by atoms with Gasteiger partial charge in [0, 0.05) is 24.1 Å². The third-order valence-electron chi connectivity index (χ3n) is 3.61. The first-order chi connectivity index (χ1) is 13.5. The maximum Gasteiger partial charge on any atom is 0.255 e. The predicted octanol–water partition coefficient (Wildman–Crippen LogP) is 3.88. The SMILES string of the molecule is COCc1nc(Sc2ncc(NOC)s2)[nH]c(=O)c1Cc1cc(F)ccc1Cl. The van der Waals surface area contributed by atoms with Crippen molar-refractivity contribution in [2.75, 3.05) is 19.7 Å². The van der Waals surface area contributed by atoms with Crippen LogP contribution in [0.25, 0.3) is 0 Å². The van der Waals surface area contributed by atoms with Gasteiger partial charge in [-0.3, -0.25) is 15.1 Å². The Labute approximate surface area is 173 Å². The van der Waals surface area contributed by atoms with Gasteiger partial charge in [0.05, 0.1) is 25.6 Å². The minimum absolute atomic E-state index is 0.133. The summed E-state index contributed by atoms with van der Waals surface area (Å²) in [7, 11) is 3.02. The Bertz CT molecular complexity index is 1030. The van der Waals surface area contributed by atoms with E-state index in [0.29, 0.717) is 31.3 Å². The van der Waals surface area contributed by atoms with Crippen molar-refractivity contribution in [1.29, 1.82) is 0 Å². The summed E-state index contributed by atoms with van der Waals surface area (Å²) in [5, 5.41) is 1.48. The molecule has 0 aliphatic carbocycles. The molecule has 0 unspecified atom stereocenters. The monoisotopic (exact) mass is 442 g/mol. The summed E-state index contributed by atoms with van der Waals surface area (Å²) in [5.74, 6) is -0.423. The zero-order valence-electron chi connectivity index (χ0n) is 14.9. The molecule has 3 aromatic rings. The number of halogens is 2. The number of methoxy groups -OCH3 is 1. The Hall–Kier alpha value is -1.98. The first-order valence-electron chi connectivity index (χ1n) is 7.97. The molecule has 148 valence electrons. The zero-order valence-corrected chi connectivity index (χ0v) is 17.3. The average molecular weight is 443 g/mol. The second-order valence-corrected chi connectivity index (χ2v) is 8.21. The predicted molar refractivity (Wildman–Crippen MR) is 107 cm³/mol. The van der Waals surface area contributed by atoms with Crippen molar-refractivity contribution in [3.8, 4) is 0 Å². The lowest BCUT2D eigenvalue weighted by atomic mass is 10.0. The highest BCUT2D eigenvalue weighted by molar-refractivity contribution is 8.00. The molecule has 3 rings (SSSR count). The number of hydrogen-bond acceptors (Lipinski definition) is 8. The normalized spacial score (nSPS) is 11.0. The van der Waals surface area contributed by atoms with Crippen molar-refractivity contribution in [1.82, 2.24) is 15.0 Å². The van der Waals surface area contributed by atoms with Crippen LogP contribution >= 0.6 is 34.7 Å². The number of benzene rings is 1. The van der Waals surface area contributed by atoms with Gasteiger partial charge in [-0.15, -0.1) is 0 Å². The van der Waals surface area contributed by atoms with Gasteiger partial charge in [-0.1, -0.05) is 22.9 Å². The second kappa shape index (κ2) is 9.48. The maximum atomic E-state index is 13.6. The van der Waals surface area contributed by atoms with Crippen molar-refractivity contribution >= 4 is 39.7 Å². The first kappa shape index (κ1) is 20.7. The van der Waals surface area contributed by atoms with E-state index in [-0.39, 0.29) is 18.6 Å². The second-order valence-electron chi connectivity index (χ2n) is 5.54. The van der Waals surface area contributed by atoms with Gasteiger partial charge in [-0.05, 0) is 35.5 Å². The molecule has 0 saturated carbocycles. The molecule has 0 radical (unpaired) electrons. The van der Waals surface area contributed by atoms with E-state index in [1.54, 1.807) is 6.20 Å². The summed E-state index contributed by atoms with van der Waals surface area (Å²) in [6, 6.07) is 4.04. The highest BCUT2D eigenvalue weighted by Gasteiger charge is 2.16. The van der Waals surface area contributed by atoms with E-state index >= 15 is 0 Å². The molecule has 2 heterocycles. The number of thiazole rings is 1. The van der Waals surface area contributed by atoms with Crippen LogP contribution < -0.4 is 11.0 Å². The van der Waals surface area contributed by atoms with Gasteiger partial charge in [0.15, 0.2) is 9.50 Å². The number of ether oxygens (including phenoxy) is 1. The summed E-state index contributed by atoms with van der Waals surface area (Å²) in [4.78, 5) is 29.0. The molecule has 0 spiro atoms. The topological polar surface area (TPSA) is 89.1 Å². The molecule has 2 aromatic heterocycles. The van der Waals surface area contributed by atoms with Crippen molar-refractivity contribution < 1.29 is 14.0 Å². The molecule has 2 N–H and O–H groups in total. The number of hydrogen-bond donors (Lipinski definition) is 2. The summed E-state index contributed by atoms with van der Waals surface area (Å²) in [6.45, 7) is 0.133. The van der Waals surface area contributed by atoms with E-state index in [2.05, 4.69) is 20.4 Å². The van der Waals surface area contributed by atoms with Crippen LogP contribution in [-0.2, 0) is 22.6 Å².